The van der Waals surface area contributed by atoms with Gasteiger partial charge in [-0.25, -0.2) is 4.79 Å². The van der Waals surface area contributed by atoms with Crippen molar-refractivity contribution in [2.24, 2.45) is 0 Å². The molecular weight excluding hydrogens is 400 g/mol. The molecule has 7 nitrogen and oxygen atoms in total. The molecule has 1 amide bonds. The van der Waals surface area contributed by atoms with Crippen molar-refractivity contribution in [1.82, 2.24) is 14.1 Å². The fourth-order valence-electron chi connectivity index (χ4n) is 3.34. The maximum atomic E-state index is 12.9. The minimum Gasteiger partial charge on any atom is -0.324 e. The highest BCUT2D eigenvalue weighted by molar-refractivity contribution is 7.09. The monoisotopic (exact) mass is 420 g/mol. The van der Waals surface area contributed by atoms with Gasteiger partial charge in [0.25, 0.3) is 5.56 Å². The zero-order valence-corrected chi connectivity index (χ0v) is 17.2. The van der Waals surface area contributed by atoms with Crippen LogP contribution in [0.1, 0.15) is 17.4 Å². The van der Waals surface area contributed by atoms with E-state index in [1.165, 1.54) is 15.9 Å². The molecule has 30 heavy (non-hydrogen) atoms. The highest BCUT2D eigenvalue weighted by atomic mass is 32.1. The van der Waals surface area contributed by atoms with Crippen molar-refractivity contribution in [3.63, 3.8) is 0 Å². The van der Waals surface area contributed by atoms with Crippen LogP contribution in [0.2, 0.25) is 0 Å². The van der Waals surface area contributed by atoms with Gasteiger partial charge < -0.3 is 9.88 Å². The zero-order valence-electron chi connectivity index (χ0n) is 16.4. The third-order valence-corrected chi connectivity index (χ3v) is 5.69. The fourth-order valence-corrected chi connectivity index (χ4v) is 4.03. The van der Waals surface area contributed by atoms with Gasteiger partial charge in [0.1, 0.15) is 6.54 Å². The number of nitrogens with one attached hydrogen (secondary N) is 1. The summed E-state index contributed by atoms with van der Waals surface area (Å²) in [6.45, 7) is 2.14. The largest absolute Gasteiger partial charge is 0.352 e. The molecule has 0 saturated heterocycles. The number of benzene rings is 1. The number of amides is 1. The molecule has 0 spiro atoms. The van der Waals surface area contributed by atoms with Gasteiger partial charge in [-0.3, -0.25) is 14.2 Å². The van der Waals surface area contributed by atoms with E-state index in [1.807, 2.05) is 48.7 Å². The number of thiophene rings is 1. The van der Waals surface area contributed by atoms with Gasteiger partial charge in [0, 0.05) is 16.8 Å². The summed E-state index contributed by atoms with van der Waals surface area (Å²) >= 11 is 1.47. The van der Waals surface area contributed by atoms with Gasteiger partial charge in [0.2, 0.25) is 5.91 Å². The first-order valence-electron chi connectivity index (χ1n) is 9.57. The lowest BCUT2D eigenvalue weighted by Gasteiger charge is -2.15. The molecule has 0 saturated carbocycles. The number of aryl methyl sites for hydroxylation is 1. The van der Waals surface area contributed by atoms with Crippen LogP contribution in [0.4, 0.5) is 5.69 Å². The predicted octanol–water partition coefficient (Wildman–Crippen LogP) is 2.82. The first-order chi connectivity index (χ1) is 14.6. The molecule has 0 atom stereocenters. The van der Waals surface area contributed by atoms with Crippen LogP contribution in [-0.2, 0) is 24.3 Å². The maximum Gasteiger partial charge on any atom is 0.352 e. The predicted molar refractivity (Wildman–Crippen MR) is 117 cm³/mol. The van der Waals surface area contributed by atoms with Crippen molar-refractivity contribution < 1.29 is 4.79 Å². The van der Waals surface area contributed by atoms with Gasteiger partial charge in [-0.05, 0) is 41.6 Å². The average Bonchev–Trinajstić information content (AvgIpc) is 3.25. The molecule has 0 aliphatic carbocycles. The van der Waals surface area contributed by atoms with E-state index in [1.54, 1.807) is 18.3 Å². The molecule has 1 aromatic heterocycles. The lowest BCUT2D eigenvalue weighted by atomic mass is 10.1. The van der Waals surface area contributed by atoms with Crippen LogP contribution in [-0.4, -0.2) is 20.0 Å². The van der Waals surface area contributed by atoms with E-state index >= 15 is 0 Å². The molecule has 152 valence electrons. The number of hydrogen-bond acceptors (Lipinski definition) is 5. The number of aromatic nitrogens is 3. The maximum absolute atomic E-state index is 12.9. The normalized spacial score (nSPS) is 11.0. The van der Waals surface area contributed by atoms with Gasteiger partial charge in [-0.15, -0.1) is 11.3 Å². The Balaban J connectivity index is 1.64. The number of carbonyl (C=O) groups is 1. The molecule has 2 aliphatic rings. The molecule has 0 fully saturated rings. The topological polar surface area (TPSA) is 86.0 Å². The number of anilines is 1. The number of fused-ring (bicyclic) bond motifs is 1. The van der Waals surface area contributed by atoms with Crippen LogP contribution in [0.25, 0.3) is 11.4 Å². The number of nitrogens with zero attached hydrogens (tertiary/aromatic N) is 3. The molecule has 0 radical (unpaired) electrons. The van der Waals surface area contributed by atoms with Gasteiger partial charge in [0.05, 0.1) is 12.1 Å². The number of hydrogen-bond donors (Lipinski definition) is 1. The van der Waals surface area contributed by atoms with Crippen molar-refractivity contribution in [2.75, 3.05) is 5.32 Å². The van der Waals surface area contributed by atoms with Crippen molar-refractivity contribution in [1.29, 1.82) is 0 Å². The molecule has 0 unspecified atom stereocenters. The second-order valence-electron chi connectivity index (χ2n) is 6.80. The average molecular weight is 420 g/mol. The molecule has 2 aliphatic heterocycles. The third kappa shape index (κ3) is 3.95. The van der Waals surface area contributed by atoms with Crippen molar-refractivity contribution in [2.45, 2.75) is 26.4 Å². The zero-order chi connectivity index (χ0) is 21.1. The van der Waals surface area contributed by atoms with Gasteiger partial charge in [-0.2, -0.15) is 4.98 Å². The minimum absolute atomic E-state index is 0.0593. The number of carbonyl (C=O) groups excluding carboxylic acids is 1. The first-order valence-corrected chi connectivity index (χ1v) is 10.4. The van der Waals surface area contributed by atoms with Crippen LogP contribution in [0.5, 0.6) is 0 Å². The Morgan fingerprint density at radius 3 is 2.70 bits per heavy atom. The summed E-state index contributed by atoms with van der Waals surface area (Å²) in [4.78, 5) is 43.1. The Morgan fingerprint density at radius 1 is 1.10 bits per heavy atom. The number of pyridine rings is 1. The Bertz CT molecular complexity index is 1270. The highest BCUT2D eigenvalue weighted by Gasteiger charge is 2.18. The van der Waals surface area contributed by atoms with E-state index in [-0.39, 0.29) is 24.8 Å². The highest BCUT2D eigenvalue weighted by Crippen LogP contribution is 2.17. The number of para-hydroxylation sites is 1. The molecule has 4 rings (SSSR count). The Hall–Kier alpha value is -3.52. The number of rotatable bonds is 6. The van der Waals surface area contributed by atoms with Crippen LogP contribution in [0, 0.1) is 0 Å². The van der Waals surface area contributed by atoms with Crippen molar-refractivity contribution in [3.8, 4) is 11.4 Å². The quantitative estimate of drug-likeness (QED) is 0.520. The summed E-state index contributed by atoms with van der Waals surface area (Å²) in [7, 11) is 0. The first kappa shape index (κ1) is 19.8. The van der Waals surface area contributed by atoms with E-state index in [2.05, 4.69) is 10.3 Å². The smallest absolute Gasteiger partial charge is 0.324 e. The van der Waals surface area contributed by atoms with Crippen molar-refractivity contribution in [3.05, 3.63) is 91.4 Å². The van der Waals surface area contributed by atoms with E-state index in [4.69, 9.17) is 0 Å². The van der Waals surface area contributed by atoms with Gasteiger partial charge in [-0.1, -0.05) is 31.2 Å². The lowest BCUT2D eigenvalue weighted by molar-refractivity contribution is -0.116. The lowest BCUT2D eigenvalue weighted by Crippen LogP contribution is -2.38. The summed E-state index contributed by atoms with van der Waals surface area (Å²) in [5, 5.41) is 4.79. The summed E-state index contributed by atoms with van der Waals surface area (Å²) in [5.41, 5.74) is 1.05. The van der Waals surface area contributed by atoms with E-state index in [9.17, 15) is 14.4 Å². The molecule has 0 bridgehead atoms. The van der Waals surface area contributed by atoms with Crippen LogP contribution >= 0.6 is 11.3 Å². The molecule has 8 heteroatoms. The van der Waals surface area contributed by atoms with Gasteiger partial charge >= 0.3 is 5.69 Å². The SMILES string of the molecule is CCc1ccccc1NC(=O)Cn1cccc2c(=O)n(Cc3cccs3)c(=O)nc1-2. The Labute approximate surface area is 176 Å². The Morgan fingerprint density at radius 2 is 1.93 bits per heavy atom. The summed E-state index contributed by atoms with van der Waals surface area (Å²) in [5.74, 6) is -0.0562. The Kier molecular flexibility index (Phi) is 5.58. The van der Waals surface area contributed by atoms with Crippen LogP contribution in [0.15, 0.2) is 69.7 Å². The summed E-state index contributed by atoms with van der Waals surface area (Å²) in [6, 6.07) is 14.6. The molecule has 2 aromatic rings. The van der Waals surface area contributed by atoms with Gasteiger partial charge in [0.15, 0.2) is 5.82 Å². The van der Waals surface area contributed by atoms with Crippen LogP contribution in [0.3, 0.4) is 0 Å². The molecule has 3 heterocycles. The van der Waals surface area contributed by atoms with E-state index in [0.717, 1.165) is 27.1 Å². The second kappa shape index (κ2) is 8.46. The fraction of sp³-hybridized carbons (Fsp3) is 0.182. The standard InChI is InChI=1S/C22H20N4O3S/c1-2-15-7-3-4-10-18(15)23-19(27)14-25-11-5-9-17-20(25)24-22(29)26(21(17)28)13-16-8-6-12-30-16/h3-12H,2,13-14H2,1H3,(H,23,27). The summed E-state index contributed by atoms with van der Waals surface area (Å²) < 4.78 is 2.65. The molecular formula is C22H20N4O3S. The molecule has 1 N–H and O–H groups in total. The van der Waals surface area contributed by atoms with Crippen molar-refractivity contribution >= 4 is 22.9 Å². The minimum atomic E-state index is -0.627. The van der Waals surface area contributed by atoms with E-state index < -0.39 is 11.2 Å². The second-order valence-corrected chi connectivity index (χ2v) is 7.83. The molecule has 1 aromatic carbocycles. The summed E-state index contributed by atoms with van der Waals surface area (Å²) in [6.07, 6.45) is 2.44. The third-order valence-electron chi connectivity index (χ3n) is 4.83. The van der Waals surface area contributed by atoms with E-state index in [0.29, 0.717) is 5.56 Å². The van der Waals surface area contributed by atoms with Crippen LogP contribution < -0.4 is 16.6 Å².